The van der Waals surface area contributed by atoms with E-state index in [1.165, 1.54) is 4.57 Å². The predicted octanol–water partition coefficient (Wildman–Crippen LogP) is 0.421. The van der Waals surface area contributed by atoms with Gasteiger partial charge in [-0.3, -0.25) is 14.2 Å². The van der Waals surface area contributed by atoms with Crippen LogP contribution in [0.25, 0.3) is 10.9 Å². The van der Waals surface area contributed by atoms with E-state index in [9.17, 15) is 14.4 Å². The van der Waals surface area contributed by atoms with Gasteiger partial charge in [0.05, 0.1) is 5.52 Å². The molecule has 0 bridgehead atoms. The molecule has 0 aliphatic carbocycles. The number of rotatable bonds is 6. The van der Waals surface area contributed by atoms with Gasteiger partial charge in [-0.15, -0.1) is 0 Å². The largest absolute Gasteiger partial charge is 0.480 e. The van der Waals surface area contributed by atoms with Crippen LogP contribution in [-0.2, 0) is 20.8 Å². The average Bonchev–Trinajstić information content (AvgIpc) is 2.76. The number of carbonyl (C=O) groups is 3. The molecule has 6 nitrogen and oxygen atoms in total. The molecule has 1 atom stereocenters. The van der Waals surface area contributed by atoms with Crippen LogP contribution in [-0.4, -0.2) is 34.5 Å². The minimum Gasteiger partial charge on any atom is -0.480 e. The van der Waals surface area contributed by atoms with Crippen molar-refractivity contribution in [2.45, 2.75) is 12.5 Å². The molecule has 1 heterocycles. The number of carboxylic acids is 1. The highest BCUT2D eigenvalue weighted by atomic mass is 16.4. The first-order chi connectivity index (χ1) is 9.17. The molecule has 0 aliphatic rings. The van der Waals surface area contributed by atoms with Gasteiger partial charge in [0, 0.05) is 18.0 Å². The summed E-state index contributed by atoms with van der Waals surface area (Å²) in [4.78, 5) is 32.4. The second-order valence-electron chi connectivity index (χ2n) is 4.06. The Morgan fingerprint density at radius 3 is 2.74 bits per heavy atom. The van der Waals surface area contributed by atoms with Gasteiger partial charge in [-0.25, -0.2) is 4.79 Å². The highest BCUT2D eigenvalue weighted by Crippen LogP contribution is 2.21. The standard InChI is InChI=1S/C13H12N2O4/c16-7-14-11(13(18)19)5-9-6-15(8-17)12-4-2-1-3-10(9)12/h1-4,6-8,11H,5H2,(H,14,16)(H,18,19)/t11-/m0/s1. The van der Waals surface area contributed by atoms with Crippen LogP contribution in [0, 0.1) is 0 Å². The lowest BCUT2D eigenvalue weighted by Crippen LogP contribution is -2.37. The lowest BCUT2D eigenvalue weighted by molar-refractivity contribution is -0.140. The SMILES string of the molecule is O=CN[C@@H](Cc1cn(C=O)c2ccccc12)C(=O)O. The third kappa shape index (κ3) is 2.47. The van der Waals surface area contributed by atoms with Crippen LogP contribution < -0.4 is 5.32 Å². The van der Waals surface area contributed by atoms with Gasteiger partial charge in [0.15, 0.2) is 0 Å². The molecule has 0 saturated carbocycles. The maximum absolute atomic E-state index is 11.0. The number of hydrogen-bond acceptors (Lipinski definition) is 3. The zero-order chi connectivity index (χ0) is 13.8. The Kier molecular flexibility index (Phi) is 3.61. The fraction of sp³-hybridized carbons (Fsp3) is 0.154. The van der Waals surface area contributed by atoms with Crippen LogP contribution >= 0.6 is 0 Å². The van der Waals surface area contributed by atoms with E-state index < -0.39 is 12.0 Å². The summed E-state index contributed by atoms with van der Waals surface area (Å²) in [5.74, 6) is -1.12. The van der Waals surface area contributed by atoms with E-state index >= 15 is 0 Å². The number of carbonyl (C=O) groups excluding carboxylic acids is 2. The van der Waals surface area contributed by atoms with Crippen molar-refractivity contribution in [2.24, 2.45) is 0 Å². The summed E-state index contributed by atoms with van der Waals surface area (Å²) in [5.41, 5.74) is 1.41. The quantitative estimate of drug-likeness (QED) is 0.737. The maximum Gasteiger partial charge on any atom is 0.326 e. The van der Waals surface area contributed by atoms with Gasteiger partial charge in [-0.2, -0.15) is 0 Å². The monoisotopic (exact) mass is 260 g/mol. The number of nitrogens with one attached hydrogen (secondary N) is 1. The topological polar surface area (TPSA) is 88.4 Å². The minimum absolute atomic E-state index is 0.120. The van der Waals surface area contributed by atoms with Crippen LogP contribution in [0.3, 0.4) is 0 Å². The van der Waals surface area contributed by atoms with Crippen LogP contribution in [0.15, 0.2) is 30.5 Å². The summed E-state index contributed by atoms with van der Waals surface area (Å²) in [6.07, 6.45) is 2.72. The fourth-order valence-corrected chi connectivity index (χ4v) is 2.05. The Morgan fingerprint density at radius 1 is 1.37 bits per heavy atom. The number of aliphatic carboxylic acids is 1. The second kappa shape index (κ2) is 5.34. The minimum atomic E-state index is -1.12. The number of carboxylic acid groups (broad SMARTS) is 1. The van der Waals surface area contributed by atoms with Crippen molar-refractivity contribution in [3.05, 3.63) is 36.0 Å². The molecule has 0 unspecified atom stereocenters. The number of nitrogens with zero attached hydrogens (tertiary/aromatic N) is 1. The molecular formula is C13H12N2O4. The fourth-order valence-electron chi connectivity index (χ4n) is 2.05. The summed E-state index contributed by atoms with van der Waals surface area (Å²) in [6.45, 7) is 0. The van der Waals surface area contributed by atoms with Crippen molar-refractivity contribution in [2.75, 3.05) is 0 Å². The third-order valence-electron chi connectivity index (χ3n) is 2.93. The van der Waals surface area contributed by atoms with Gasteiger partial charge < -0.3 is 10.4 Å². The molecule has 1 aromatic carbocycles. The Balaban J connectivity index is 2.42. The van der Waals surface area contributed by atoms with Crippen molar-refractivity contribution < 1.29 is 19.5 Å². The maximum atomic E-state index is 11.0. The Morgan fingerprint density at radius 2 is 2.11 bits per heavy atom. The van der Waals surface area contributed by atoms with E-state index in [-0.39, 0.29) is 6.42 Å². The van der Waals surface area contributed by atoms with Crippen molar-refractivity contribution in [3.8, 4) is 0 Å². The van der Waals surface area contributed by atoms with E-state index in [0.29, 0.717) is 23.9 Å². The summed E-state index contributed by atoms with van der Waals surface area (Å²) < 4.78 is 1.39. The molecule has 98 valence electrons. The molecule has 19 heavy (non-hydrogen) atoms. The smallest absolute Gasteiger partial charge is 0.326 e. The molecule has 2 N–H and O–H groups in total. The third-order valence-corrected chi connectivity index (χ3v) is 2.93. The van der Waals surface area contributed by atoms with E-state index in [1.807, 2.05) is 12.1 Å². The Hall–Kier alpha value is -2.63. The highest BCUT2D eigenvalue weighted by molar-refractivity contribution is 5.89. The second-order valence-corrected chi connectivity index (χ2v) is 4.06. The molecule has 1 amide bonds. The number of fused-ring (bicyclic) bond motifs is 1. The lowest BCUT2D eigenvalue weighted by atomic mass is 10.1. The predicted molar refractivity (Wildman–Crippen MR) is 68.4 cm³/mol. The summed E-state index contributed by atoms with van der Waals surface area (Å²) >= 11 is 0. The van der Waals surface area contributed by atoms with Crippen LogP contribution in [0.4, 0.5) is 0 Å². The Bertz CT molecular complexity index is 633. The lowest BCUT2D eigenvalue weighted by Gasteiger charge is -2.09. The van der Waals surface area contributed by atoms with E-state index in [0.717, 1.165) is 5.39 Å². The molecular weight excluding hydrogens is 248 g/mol. The van der Waals surface area contributed by atoms with Crippen molar-refractivity contribution in [1.82, 2.24) is 9.88 Å². The molecule has 2 rings (SSSR count). The van der Waals surface area contributed by atoms with Gasteiger partial charge in [0.25, 0.3) is 0 Å². The van der Waals surface area contributed by atoms with Crippen LogP contribution in [0.2, 0.25) is 0 Å². The number of benzene rings is 1. The first-order valence-corrected chi connectivity index (χ1v) is 5.63. The van der Waals surface area contributed by atoms with Crippen molar-refractivity contribution >= 4 is 29.7 Å². The normalized spacial score (nSPS) is 12.0. The molecule has 1 aromatic heterocycles. The molecule has 0 spiro atoms. The zero-order valence-corrected chi connectivity index (χ0v) is 9.95. The first-order valence-electron chi connectivity index (χ1n) is 5.63. The van der Waals surface area contributed by atoms with Gasteiger partial charge in [-0.1, -0.05) is 18.2 Å². The number of hydrogen-bond donors (Lipinski definition) is 2. The molecule has 6 heteroatoms. The average molecular weight is 260 g/mol. The molecule has 0 aliphatic heterocycles. The summed E-state index contributed by atoms with van der Waals surface area (Å²) in [5, 5.41) is 12.0. The van der Waals surface area contributed by atoms with Gasteiger partial charge in [0.2, 0.25) is 12.8 Å². The highest BCUT2D eigenvalue weighted by Gasteiger charge is 2.19. The summed E-state index contributed by atoms with van der Waals surface area (Å²) in [7, 11) is 0. The van der Waals surface area contributed by atoms with E-state index in [2.05, 4.69) is 5.32 Å². The molecule has 0 radical (unpaired) electrons. The number of para-hydroxylation sites is 1. The zero-order valence-electron chi connectivity index (χ0n) is 9.95. The molecule has 0 fully saturated rings. The van der Waals surface area contributed by atoms with E-state index in [1.54, 1.807) is 18.3 Å². The van der Waals surface area contributed by atoms with E-state index in [4.69, 9.17) is 5.11 Å². The van der Waals surface area contributed by atoms with Gasteiger partial charge >= 0.3 is 5.97 Å². The van der Waals surface area contributed by atoms with Gasteiger partial charge in [0.1, 0.15) is 6.04 Å². The van der Waals surface area contributed by atoms with Gasteiger partial charge in [-0.05, 0) is 11.6 Å². The number of aromatic nitrogens is 1. The van der Waals surface area contributed by atoms with Crippen LogP contribution in [0.5, 0.6) is 0 Å². The first kappa shape index (κ1) is 12.8. The van der Waals surface area contributed by atoms with Crippen molar-refractivity contribution in [3.63, 3.8) is 0 Å². The summed E-state index contributed by atoms with van der Waals surface area (Å²) in [6, 6.07) is 6.18. The molecule has 0 saturated heterocycles. The Labute approximate surface area is 108 Å². The molecule has 2 aromatic rings. The van der Waals surface area contributed by atoms with Crippen molar-refractivity contribution in [1.29, 1.82) is 0 Å². The van der Waals surface area contributed by atoms with Crippen LogP contribution in [0.1, 0.15) is 5.56 Å². The number of amides is 1.